The molecule has 1 saturated heterocycles. The number of likely N-dealkylation sites (tertiary alicyclic amines) is 1. The first-order chi connectivity index (χ1) is 10.2. The normalized spacial score (nSPS) is 42.3. The third-order valence-corrected chi connectivity index (χ3v) is 6.60. The molecule has 0 aromatic rings. The zero-order valence-electron chi connectivity index (χ0n) is 13.2. The lowest BCUT2D eigenvalue weighted by Crippen LogP contribution is -2.62. The quantitative estimate of drug-likeness (QED) is 0.820. The van der Waals surface area contributed by atoms with Gasteiger partial charge in [0.2, 0.25) is 0 Å². The summed E-state index contributed by atoms with van der Waals surface area (Å²) in [4.78, 5) is 14.7. The molecule has 4 saturated carbocycles. The van der Waals surface area contributed by atoms with E-state index in [1.807, 2.05) is 11.9 Å². The summed E-state index contributed by atoms with van der Waals surface area (Å²) in [5, 5.41) is 6.83. The van der Waals surface area contributed by atoms with Gasteiger partial charge in [-0.1, -0.05) is 0 Å². The molecule has 0 atom stereocenters. The SMILES string of the molecule is CNC1CCN(C(=O)NC23CC4CC(CC(C4)C2)C3)CC1. The predicted molar refractivity (Wildman–Crippen MR) is 83.1 cm³/mol. The summed E-state index contributed by atoms with van der Waals surface area (Å²) < 4.78 is 0. The van der Waals surface area contributed by atoms with Crippen molar-refractivity contribution in [3.63, 3.8) is 0 Å². The van der Waals surface area contributed by atoms with Crippen molar-refractivity contribution in [1.29, 1.82) is 0 Å². The molecular formula is C17H29N3O. The Morgan fingerprint density at radius 2 is 1.52 bits per heavy atom. The molecule has 5 aliphatic rings. The minimum Gasteiger partial charge on any atom is -0.333 e. The fraction of sp³-hybridized carbons (Fsp3) is 0.941. The van der Waals surface area contributed by atoms with Crippen molar-refractivity contribution in [3.05, 3.63) is 0 Å². The van der Waals surface area contributed by atoms with Crippen LogP contribution in [0.25, 0.3) is 0 Å². The smallest absolute Gasteiger partial charge is 0.317 e. The highest BCUT2D eigenvalue weighted by molar-refractivity contribution is 5.75. The number of carbonyl (C=O) groups excluding carboxylic acids is 1. The molecule has 5 fully saturated rings. The summed E-state index contributed by atoms with van der Waals surface area (Å²) in [6.07, 6.45) is 10.2. The van der Waals surface area contributed by atoms with Crippen molar-refractivity contribution in [2.24, 2.45) is 17.8 Å². The number of nitrogens with zero attached hydrogens (tertiary/aromatic N) is 1. The average molecular weight is 291 g/mol. The van der Waals surface area contributed by atoms with Crippen LogP contribution >= 0.6 is 0 Å². The van der Waals surface area contributed by atoms with Crippen LogP contribution in [0.2, 0.25) is 0 Å². The Labute approximate surface area is 128 Å². The van der Waals surface area contributed by atoms with E-state index in [1.54, 1.807) is 0 Å². The molecule has 0 aromatic carbocycles. The Morgan fingerprint density at radius 3 is 2.00 bits per heavy atom. The van der Waals surface area contributed by atoms with Crippen LogP contribution in [-0.2, 0) is 0 Å². The molecule has 1 heterocycles. The molecule has 0 radical (unpaired) electrons. The van der Waals surface area contributed by atoms with Crippen LogP contribution < -0.4 is 10.6 Å². The van der Waals surface area contributed by atoms with Gasteiger partial charge in [0.1, 0.15) is 0 Å². The molecule has 5 rings (SSSR count). The molecule has 1 aliphatic heterocycles. The fourth-order valence-electron chi connectivity index (χ4n) is 5.94. The van der Waals surface area contributed by atoms with E-state index in [4.69, 9.17) is 0 Å². The number of piperidine rings is 1. The van der Waals surface area contributed by atoms with Crippen LogP contribution in [0.1, 0.15) is 51.4 Å². The number of rotatable bonds is 2. The molecule has 2 amide bonds. The third kappa shape index (κ3) is 2.56. The Bertz CT molecular complexity index is 379. The average Bonchev–Trinajstić information content (AvgIpc) is 2.45. The summed E-state index contributed by atoms with van der Waals surface area (Å²) in [6, 6.07) is 0.806. The van der Waals surface area contributed by atoms with Gasteiger partial charge in [-0.25, -0.2) is 4.79 Å². The fourth-order valence-corrected chi connectivity index (χ4v) is 5.94. The molecule has 0 unspecified atom stereocenters. The van der Waals surface area contributed by atoms with Crippen LogP contribution in [0.3, 0.4) is 0 Å². The first kappa shape index (κ1) is 13.9. The maximum absolute atomic E-state index is 12.7. The van der Waals surface area contributed by atoms with Crippen LogP contribution in [0.15, 0.2) is 0 Å². The van der Waals surface area contributed by atoms with E-state index in [0.29, 0.717) is 6.04 Å². The summed E-state index contributed by atoms with van der Waals surface area (Å²) in [5.41, 5.74) is 0.158. The van der Waals surface area contributed by atoms with Crippen molar-refractivity contribution < 1.29 is 4.79 Å². The Balaban J connectivity index is 1.38. The number of urea groups is 1. The highest BCUT2D eigenvalue weighted by Crippen LogP contribution is 2.55. The number of carbonyl (C=O) groups is 1. The lowest BCUT2D eigenvalue weighted by molar-refractivity contribution is -0.0160. The number of amides is 2. The monoisotopic (exact) mass is 291 g/mol. The molecular weight excluding hydrogens is 262 g/mol. The van der Waals surface area contributed by atoms with Gasteiger partial charge >= 0.3 is 6.03 Å². The largest absolute Gasteiger partial charge is 0.333 e. The molecule has 4 heteroatoms. The van der Waals surface area contributed by atoms with Gasteiger partial charge in [0, 0.05) is 24.7 Å². The number of hydrogen-bond donors (Lipinski definition) is 2. The summed E-state index contributed by atoms with van der Waals surface area (Å²) in [7, 11) is 2.02. The standard InChI is InChI=1S/C17H29N3O/c1-18-15-2-4-20(5-3-15)16(21)19-17-9-12-6-13(10-17)8-14(7-12)11-17/h12-15,18H,2-11H2,1H3,(H,19,21). The molecule has 0 aromatic heterocycles. The van der Waals surface area contributed by atoms with Crippen molar-refractivity contribution in [3.8, 4) is 0 Å². The van der Waals surface area contributed by atoms with Gasteiger partial charge in [0.15, 0.2) is 0 Å². The zero-order chi connectivity index (χ0) is 14.4. The maximum Gasteiger partial charge on any atom is 0.317 e. The molecule has 4 aliphatic carbocycles. The van der Waals surface area contributed by atoms with E-state index in [-0.39, 0.29) is 11.6 Å². The Morgan fingerprint density at radius 1 is 1.00 bits per heavy atom. The summed E-state index contributed by atoms with van der Waals surface area (Å²) in [6.45, 7) is 1.81. The zero-order valence-corrected chi connectivity index (χ0v) is 13.2. The van der Waals surface area contributed by atoms with Crippen molar-refractivity contribution in [2.75, 3.05) is 20.1 Å². The van der Waals surface area contributed by atoms with Gasteiger partial charge < -0.3 is 15.5 Å². The van der Waals surface area contributed by atoms with Gasteiger partial charge in [0.25, 0.3) is 0 Å². The van der Waals surface area contributed by atoms with Gasteiger partial charge in [-0.05, 0) is 76.2 Å². The van der Waals surface area contributed by atoms with Crippen molar-refractivity contribution in [1.82, 2.24) is 15.5 Å². The highest BCUT2D eigenvalue weighted by Gasteiger charge is 2.51. The highest BCUT2D eigenvalue weighted by atomic mass is 16.2. The lowest BCUT2D eigenvalue weighted by atomic mass is 9.53. The van der Waals surface area contributed by atoms with Gasteiger partial charge in [0.05, 0.1) is 0 Å². The van der Waals surface area contributed by atoms with E-state index in [2.05, 4.69) is 10.6 Å². The molecule has 21 heavy (non-hydrogen) atoms. The van der Waals surface area contributed by atoms with Gasteiger partial charge in [-0.15, -0.1) is 0 Å². The summed E-state index contributed by atoms with van der Waals surface area (Å²) >= 11 is 0. The molecule has 4 bridgehead atoms. The number of nitrogens with one attached hydrogen (secondary N) is 2. The van der Waals surface area contributed by atoms with E-state index < -0.39 is 0 Å². The predicted octanol–water partition coefficient (Wildman–Crippen LogP) is 2.35. The van der Waals surface area contributed by atoms with E-state index >= 15 is 0 Å². The Kier molecular flexibility index (Phi) is 3.40. The molecule has 118 valence electrons. The lowest BCUT2D eigenvalue weighted by Gasteiger charge is -2.57. The van der Waals surface area contributed by atoms with E-state index in [9.17, 15) is 4.79 Å². The second kappa shape index (κ2) is 5.15. The first-order valence-electron chi connectivity index (χ1n) is 8.90. The van der Waals surface area contributed by atoms with Crippen molar-refractivity contribution >= 4 is 6.03 Å². The summed E-state index contributed by atoms with van der Waals surface area (Å²) in [5.74, 6) is 2.68. The van der Waals surface area contributed by atoms with Gasteiger partial charge in [-0.3, -0.25) is 0 Å². The number of hydrogen-bond acceptors (Lipinski definition) is 2. The Hall–Kier alpha value is -0.770. The molecule has 2 N–H and O–H groups in total. The molecule has 4 nitrogen and oxygen atoms in total. The topological polar surface area (TPSA) is 44.4 Å². The first-order valence-corrected chi connectivity index (χ1v) is 8.90. The molecule has 0 spiro atoms. The van der Waals surface area contributed by atoms with Crippen LogP contribution in [0.5, 0.6) is 0 Å². The second-order valence-electron chi connectivity index (χ2n) is 8.18. The third-order valence-electron chi connectivity index (χ3n) is 6.60. The van der Waals surface area contributed by atoms with Gasteiger partial charge in [-0.2, -0.15) is 0 Å². The second-order valence-corrected chi connectivity index (χ2v) is 8.18. The van der Waals surface area contributed by atoms with Crippen LogP contribution in [-0.4, -0.2) is 42.6 Å². The maximum atomic E-state index is 12.7. The van der Waals surface area contributed by atoms with Crippen LogP contribution in [0, 0.1) is 17.8 Å². The van der Waals surface area contributed by atoms with Crippen LogP contribution in [0.4, 0.5) is 4.79 Å². The van der Waals surface area contributed by atoms with Crippen molar-refractivity contribution in [2.45, 2.75) is 62.9 Å². The van der Waals surface area contributed by atoms with E-state index in [0.717, 1.165) is 43.7 Å². The van der Waals surface area contributed by atoms with E-state index in [1.165, 1.54) is 38.5 Å². The minimum atomic E-state index is 0.158. The minimum absolute atomic E-state index is 0.158.